The summed E-state index contributed by atoms with van der Waals surface area (Å²) in [5.41, 5.74) is 0.252. The topological polar surface area (TPSA) is 96.0 Å². The number of nitrogens with one attached hydrogen (secondary N) is 1. The molecule has 8 nitrogen and oxygen atoms in total. The van der Waals surface area contributed by atoms with Crippen LogP contribution in [0.15, 0.2) is 24.3 Å². The zero-order valence-corrected chi connectivity index (χ0v) is 16.3. The zero-order chi connectivity index (χ0) is 20.4. The Hall–Kier alpha value is -2.90. The maximum absolute atomic E-state index is 12.6. The van der Waals surface area contributed by atoms with Gasteiger partial charge in [-0.15, -0.1) is 0 Å². The maximum atomic E-state index is 12.6. The highest BCUT2D eigenvalue weighted by Gasteiger charge is 2.46. The summed E-state index contributed by atoms with van der Waals surface area (Å²) in [5, 5.41) is 2.92. The average molecular weight is 387 g/mol. The van der Waals surface area contributed by atoms with E-state index in [0.717, 1.165) is 24.2 Å². The summed E-state index contributed by atoms with van der Waals surface area (Å²) in [7, 11) is 1.50. The lowest BCUT2D eigenvalue weighted by Gasteiger charge is -2.34. The summed E-state index contributed by atoms with van der Waals surface area (Å²) < 4.78 is 5.05. The Morgan fingerprint density at radius 1 is 1.11 bits per heavy atom. The quantitative estimate of drug-likeness (QED) is 0.615. The second-order valence-electron chi connectivity index (χ2n) is 7.45. The molecule has 1 aliphatic heterocycles. The number of urea groups is 1. The van der Waals surface area contributed by atoms with Gasteiger partial charge in [-0.05, 0) is 42.5 Å². The molecule has 0 bridgehead atoms. The van der Waals surface area contributed by atoms with Crippen molar-refractivity contribution in [1.29, 1.82) is 0 Å². The van der Waals surface area contributed by atoms with Crippen LogP contribution in [0.3, 0.4) is 0 Å². The molecule has 1 saturated carbocycles. The van der Waals surface area contributed by atoms with Crippen molar-refractivity contribution >= 4 is 29.4 Å². The van der Waals surface area contributed by atoms with Crippen LogP contribution >= 0.6 is 0 Å². The lowest BCUT2D eigenvalue weighted by molar-refractivity contribution is -0.140. The van der Waals surface area contributed by atoms with E-state index in [0.29, 0.717) is 22.5 Å². The number of carbonyl (C=O) groups is 4. The number of hydrogen-bond acceptors (Lipinski definition) is 5. The maximum Gasteiger partial charge on any atom is 0.339 e. The summed E-state index contributed by atoms with van der Waals surface area (Å²) in [6.45, 7) is 3.78. The Kier molecular flexibility index (Phi) is 5.67. The third-order valence-electron chi connectivity index (χ3n) is 5.74. The van der Waals surface area contributed by atoms with E-state index in [2.05, 4.69) is 19.2 Å². The first-order valence-electron chi connectivity index (χ1n) is 9.46. The Morgan fingerprint density at radius 3 is 2.43 bits per heavy atom. The number of hydrogen-bond donors (Lipinski definition) is 1. The van der Waals surface area contributed by atoms with E-state index >= 15 is 0 Å². The van der Waals surface area contributed by atoms with Crippen LogP contribution in [0.1, 0.15) is 33.1 Å². The molecule has 2 aliphatic rings. The fraction of sp³-hybridized carbons (Fsp3) is 0.500. The zero-order valence-electron chi connectivity index (χ0n) is 16.3. The van der Waals surface area contributed by atoms with Crippen molar-refractivity contribution in [2.75, 3.05) is 18.6 Å². The summed E-state index contributed by atoms with van der Waals surface area (Å²) in [6, 6.07) is 5.38. The summed E-state index contributed by atoms with van der Waals surface area (Å²) in [6.07, 6.45) is 3.03. The number of imide groups is 2. The number of anilines is 1. The fourth-order valence-electron chi connectivity index (χ4n) is 3.79. The molecular weight excluding hydrogens is 362 g/mol. The van der Waals surface area contributed by atoms with Gasteiger partial charge in [0.05, 0.1) is 12.8 Å². The first kappa shape index (κ1) is 19.9. The molecule has 0 radical (unpaired) electrons. The average Bonchev–Trinajstić information content (AvgIpc) is 2.89. The standard InChI is InChI=1S/C20H25N3O5/c1-12-5-4-6-16(13(12)2)21-17(24)11-22-18(25)19(26)23(20(22)27)14-7-9-15(28-3)10-8-14/h7-10,12-13,16H,4-6,11H2,1-3H3,(H,21,24)/t12-,13+,16+/m0/s1. The molecule has 1 saturated heterocycles. The third kappa shape index (κ3) is 3.72. The van der Waals surface area contributed by atoms with E-state index in [-0.39, 0.29) is 11.7 Å². The van der Waals surface area contributed by atoms with E-state index in [1.54, 1.807) is 12.1 Å². The molecule has 5 amide bonds. The predicted molar refractivity (Wildman–Crippen MR) is 102 cm³/mol. The molecule has 2 fully saturated rings. The van der Waals surface area contributed by atoms with Crippen LogP contribution < -0.4 is 15.0 Å². The largest absolute Gasteiger partial charge is 0.497 e. The van der Waals surface area contributed by atoms with Crippen molar-refractivity contribution < 1.29 is 23.9 Å². The molecule has 3 rings (SSSR count). The van der Waals surface area contributed by atoms with Crippen LogP contribution in [0.2, 0.25) is 0 Å². The van der Waals surface area contributed by atoms with Crippen molar-refractivity contribution in [3.63, 3.8) is 0 Å². The number of carbonyl (C=O) groups excluding carboxylic acids is 4. The first-order chi connectivity index (χ1) is 13.3. The molecule has 1 N–H and O–H groups in total. The Labute approximate surface area is 163 Å². The number of rotatable bonds is 5. The van der Waals surface area contributed by atoms with Crippen molar-refractivity contribution in [2.45, 2.75) is 39.2 Å². The lowest BCUT2D eigenvalue weighted by atomic mass is 9.78. The minimum absolute atomic E-state index is 0.0115. The van der Waals surface area contributed by atoms with Gasteiger partial charge < -0.3 is 10.1 Å². The minimum Gasteiger partial charge on any atom is -0.497 e. The SMILES string of the molecule is COc1ccc(N2C(=O)C(=O)N(CC(=O)N[C@@H]3CCC[C@H](C)[C@H]3C)C2=O)cc1. The molecule has 1 heterocycles. The van der Waals surface area contributed by atoms with E-state index < -0.39 is 30.3 Å². The van der Waals surface area contributed by atoms with E-state index in [1.165, 1.54) is 19.2 Å². The van der Waals surface area contributed by atoms with E-state index in [9.17, 15) is 19.2 Å². The van der Waals surface area contributed by atoms with Crippen molar-refractivity contribution in [2.24, 2.45) is 11.8 Å². The monoisotopic (exact) mass is 387 g/mol. The Bertz CT molecular complexity index is 792. The summed E-state index contributed by atoms with van der Waals surface area (Å²) >= 11 is 0. The number of methoxy groups -OCH3 is 1. The molecule has 1 aromatic rings. The van der Waals surface area contributed by atoms with Crippen LogP contribution in [0.25, 0.3) is 0 Å². The van der Waals surface area contributed by atoms with Gasteiger partial charge in [0.2, 0.25) is 5.91 Å². The van der Waals surface area contributed by atoms with Crippen LogP contribution in [-0.2, 0) is 14.4 Å². The smallest absolute Gasteiger partial charge is 0.339 e. The number of amides is 5. The number of ether oxygens (including phenoxy) is 1. The van der Waals surface area contributed by atoms with Crippen LogP contribution in [-0.4, -0.2) is 48.3 Å². The van der Waals surface area contributed by atoms with Gasteiger partial charge in [-0.1, -0.05) is 26.7 Å². The molecule has 150 valence electrons. The molecule has 1 aliphatic carbocycles. The van der Waals surface area contributed by atoms with Crippen LogP contribution in [0.4, 0.5) is 10.5 Å². The first-order valence-corrected chi connectivity index (χ1v) is 9.46. The highest BCUT2D eigenvalue weighted by Crippen LogP contribution is 2.29. The van der Waals surface area contributed by atoms with Gasteiger partial charge in [-0.3, -0.25) is 14.4 Å². The van der Waals surface area contributed by atoms with Crippen molar-refractivity contribution in [1.82, 2.24) is 10.2 Å². The normalized spacial score (nSPS) is 25.2. The number of benzene rings is 1. The van der Waals surface area contributed by atoms with Gasteiger partial charge in [-0.25, -0.2) is 14.6 Å². The van der Waals surface area contributed by atoms with Crippen molar-refractivity contribution in [3.05, 3.63) is 24.3 Å². The second kappa shape index (κ2) is 8.00. The molecule has 0 aromatic heterocycles. The molecule has 3 atom stereocenters. The minimum atomic E-state index is -0.999. The van der Waals surface area contributed by atoms with Crippen LogP contribution in [0, 0.1) is 11.8 Å². The van der Waals surface area contributed by atoms with Crippen molar-refractivity contribution in [3.8, 4) is 5.75 Å². The van der Waals surface area contributed by atoms with Gasteiger partial charge in [-0.2, -0.15) is 0 Å². The van der Waals surface area contributed by atoms with E-state index in [4.69, 9.17) is 4.74 Å². The predicted octanol–water partition coefficient (Wildman–Crippen LogP) is 1.93. The highest BCUT2D eigenvalue weighted by molar-refractivity contribution is 6.53. The Morgan fingerprint density at radius 2 is 1.79 bits per heavy atom. The molecular formula is C20H25N3O5. The van der Waals surface area contributed by atoms with Crippen LogP contribution in [0.5, 0.6) is 5.75 Å². The fourth-order valence-corrected chi connectivity index (χ4v) is 3.79. The van der Waals surface area contributed by atoms with Gasteiger partial charge in [0.1, 0.15) is 12.3 Å². The lowest BCUT2D eigenvalue weighted by Crippen LogP contribution is -2.48. The van der Waals surface area contributed by atoms with Gasteiger partial charge in [0.25, 0.3) is 0 Å². The summed E-state index contributed by atoms with van der Waals surface area (Å²) in [5.74, 6) is -1.02. The Balaban J connectivity index is 1.68. The highest BCUT2D eigenvalue weighted by atomic mass is 16.5. The van der Waals surface area contributed by atoms with Gasteiger partial charge in [0, 0.05) is 6.04 Å². The summed E-state index contributed by atoms with van der Waals surface area (Å²) in [4.78, 5) is 51.1. The molecule has 0 unspecified atom stereocenters. The second-order valence-corrected chi connectivity index (χ2v) is 7.45. The molecule has 8 heteroatoms. The molecule has 0 spiro atoms. The number of nitrogens with zero attached hydrogens (tertiary/aromatic N) is 2. The van der Waals surface area contributed by atoms with E-state index in [1.807, 2.05) is 0 Å². The molecule has 28 heavy (non-hydrogen) atoms. The molecule has 1 aromatic carbocycles. The van der Waals surface area contributed by atoms with Gasteiger partial charge in [0.15, 0.2) is 0 Å². The van der Waals surface area contributed by atoms with Gasteiger partial charge >= 0.3 is 17.8 Å². The third-order valence-corrected chi connectivity index (χ3v) is 5.74.